The number of carbonyl (C=O) groups is 1. The van der Waals surface area contributed by atoms with Crippen LogP contribution < -0.4 is 5.32 Å². The molecule has 0 saturated carbocycles. The van der Waals surface area contributed by atoms with Gasteiger partial charge in [-0.25, -0.2) is 8.78 Å². The first-order valence-electron chi connectivity index (χ1n) is 5.70. The molecule has 100 valence electrons. The number of benzene rings is 1. The minimum Gasteiger partial charge on any atom is -0.326 e. The van der Waals surface area contributed by atoms with Crippen molar-refractivity contribution in [3.63, 3.8) is 0 Å². The molecule has 0 aliphatic rings. The number of hydrogen-bond acceptors (Lipinski definition) is 2. The number of hydrogen-bond donors (Lipinski definition) is 1. The SMILES string of the molecule is Cc1cc(CC(=O)Nc2ccc(F)c(F)c2)n(C)n1. The summed E-state index contributed by atoms with van der Waals surface area (Å²) in [6.45, 7) is 1.83. The summed E-state index contributed by atoms with van der Waals surface area (Å²) >= 11 is 0. The molecule has 0 saturated heterocycles. The first kappa shape index (κ1) is 13.2. The van der Waals surface area contributed by atoms with E-state index in [1.165, 1.54) is 6.07 Å². The number of nitrogens with one attached hydrogen (secondary N) is 1. The van der Waals surface area contributed by atoms with Gasteiger partial charge in [0.25, 0.3) is 0 Å². The number of halogens is 2. The standard InChI is InChI=1S/C13H13F2N3O/c1-8-5-10(18(2)17-8)7-13(19)16-9-3-4-11(14)12(15)6-9/h3-6H,7H2,1-2H3,(H,16,19). The predicted molar refractivity (Wildman–Crippen MR) is 66.6 cm³/mol. The highest BCUT2D eigenvalue weighted by molar-refractivity contribution is 5.92. The summed E-state index contributed by atoms with van der Waals surface area (Å²) in [5, 5.41) is 6.63. The number of amides is 1. The van der Waals surface area contributed by atoms with Crippen LogP contribution in [0.3, 0.4) is 0 Å². The van der Waals surface area contributed by atoms with Crippen LogP contribution in [-0.2, 0) is 18.3 Å². The van der Waals surface area contributed by atoms with Crippen LogP contribution in [0.4, 0.5) is 14.5 Å². The first-order chi connectivity index (χ1) is 8.95. The van der Waals surface area contributed by atoms with Crippen molar-refractivity contribution in [2.24, 2.45) is 7.05 Å². The molecule has 0 atom stereocenters. The normalized spacial score (nSPS) is 10.5. The van der Waals surface area contributed by atoms with Crippen LogP contribution in [0.2, 0.25) is 0 Å². The highest BCUT2D eigenvalue weighted by atomic mass is 19.2. The zero-order chi connectivity index (χ0) is 14.0. The van der Waals surface area contributed by atoms with Gasteiger partial charge in [0.2, 0.25) is 5.91 Å². The van der Waals surface area contributed by atoms with E-state index in [4.69, 9.17) is 0 Å². The minimum absolute atomic E-state index is 0.121. The molecule has 2 aromatic rings. The van der Waals surface area contributed by atoms with Gasteiger partial charge in [0.1, 0.15) is 0 Å². The topological polar surface area (TPSA) is 46.9 Å². The smallest absolute Gasteiger partial charge is 0.230 e. The van der Waals surface area contributed by atoms with Crippen LogP contribution in [0.5, 0.6) is 0 Å². The van der Waals surface area contributed by atoms with Crippen molar-refractivity contribution in [1.29, 1.82) is 0 Å². The Morgan fingerprint density at radius 1 is 1.32 bits per heavy atom. The van der Waals surface area contributed by atoms with E-state index in [9.17, 15) is 13.6 Å². The van der Waals surface area contributed by atoms with Crippen LogP contribution in [-0.4, -0.2) is 15.7 Å². The summed E-state index contributed by atoms with van der Waals surface area (Å²) in [6.07, 6.45) is 0.121. The van der Waals surface area contributed by atoms with Crippen LogP contribution >= 0.6 is 0 Å². The van der Waals surface area contributed by atoms with E-state index in [0.717, 1.165) is 23.5 Å². The lowest BCUT2D eigenvalue weighted by Crippen LogP contribution is -2.16. The van der Waals surface area contributed by atoms with E-state index < -0.39 is 11.6 Å². The Kier molecular flexibility index (Phi) is 3.59. The second kappa shape index (κ2) is 5.17. The molecule has 0 bridgehead atoms. The molecule has 2 rings (SSSR count). The average molecular weight is 265 g/mol. The van der Waals surface area contributed by atoms with E-state index in [1.54, 1.807) is 17.8 Å². The average Bonchev–Trinajstić information content (AvgIpc) is 2.62. The third kappa shape index (κ3) is 3.15. The van der Waals surface area contributed by atoms with Gasteiger partial charge >= 0.3 is 0 Å². The van der Waals surface area contributed by atoms with Crippen molar-refractivity contribution in [2.45, 2.75) is 13.3 Å². The van der Waals surface area contributed by atoms with Crippen LogP contribution in [0.15, 0.2) is 24.3 Å². The summed E-state index contributed by atoms with van der Waals surface area (Å²) in [6, 6.07) is 5.02. The molecule has 1 aromatic heterocycles. The predicted octanol–water partition coefficient (Wildman–Crippen LogP) is 2.19. The van der Waals surface area contributed by atoms with Crippen molar-refractivity contribution in [2.75, 3.05) is 5.32 Å². The van der Waals surface area contributed by atoms with Crippen molar-refractivity contribution in [3.8, 4) is 0 Å². The fourth-order valence-corrected chi connectivity index (χ4v) is 1.77. The lowest BCUT2D eigenvalue weighted by molar-refractivity contribution is -0.115. The van der Waals surface area contributed by atoms with Crippen molar-refractivity contribution in [3.05, 3.63) is 47.3 Å². The monoisotopic (exact) mass is 265 g/mol. The van der Waals surface area contributed by atoms with E-state index in [0.29, 0.717) is 0 Å². The lowest BCUT2D eigenvalue weighted by Gasteiger charge is -2.05. The van der Waals surface area contributed by atoms with Gasteiger partial charge in [0.05, 0.1) is 12.1 Å². The number of aromatic nitrogens is 2. The Labute approximate surface area is 109 Å². The molecule has 0 fully saturated rings. The maximum absolute atomic E-state index is 13.0. The van der Waals surface area contributed by atoms with Gasteiger partial charge in [-0.3, -0.25) is 9.48 Å². The Balaban J connectivity index is 2.05. The number of carbonyl (C=O) groups excluding carboxylic acids is 1. The molecule has 1 aromatic carbocycles. The highest BCUT2D eigenvalue weighted by Crippen LogP contribution is 2.13. The Hall–Kier alpha value is -2.24. The quantitative estimate of drug-likeness (QED) is 0.924. The molecule has 6 heteroatoms. The zero-order valence-corrected chi connectivity index (χ0v) is 10.6. The summed E-state index contributed by atoms with van der Waals surface area (Å²) in [4.78, 5) is 11.8. The van der Waals surface area contributed by atoms with E-state index in [2.05, 4.69) is 10.4 Å². The molecule has 4 nitrogen and oxygen atoms in total. The molecule has 1 heterocycles. The van der Waals surface area contributed by atoms with Gasteiger partial charge < -0.3 is 5.32 Å². The fraction of sp³-hybridized carbons (Fsp3) is 0.231. The van der Waals surface area contributed by atoms with E-state index >= 15 is 0 Å². The van der Waals surface area contributed by atoms with Gasteiger partial charge in [-0.2, -0.15) is 5.10 Å². The molecule has 0 aliphatic heterocycles. The summed E-state index contributed by atoms with van der Waals surface area (Å²) in [7, 11) is 1.74. The highest BCUT2D eigenvalue weighted by Gasteiger charge is 2.10. The van der Waals surface area contributed by atoms with Gasteiger partial charge in [-0.1, -0.05) is 0 Å². The number of anilines is 1. The molecule has 0 radical (unpaired) electrons. The Morgan fingerprint density at radius 2 is 2.05 bits per heavy atom. The van der Waals surface area contributed by atoms with Gasteiger partial charge in [-0.05, 0) is 25.1 Å². The molecule has 1 N–H and O–H groups in total. The fourth-order valence-electron chi connectivity index (χ4n) is 1.77. The summed E-state index contributed by atoms with van der Waals surface area (Å²) in [5.74, 6) is -2.25. The Bertz CT molecular complexity index is 622. The molecule has 19 heavy (non-hydrogen) atoms. The molecular formula is C13H13F2N3O. The number of rotatable bonds is 3. The second-order valence-electron chi connectivity index (χ2n) is 4.25. The zero-order valence-electron chi connectivity index (χ0n) is 10.6. The first-order valence-corrected chi connectivity index (χ1v) is 5.70. The molecule has 0 spiro atoms. The van der Waals surface area contributed by atoms with Crippen molar-refractivity contribution in [1.82, 2.24) is 9.78 Å². The number of nitrogens with zero attached hydrogens (tertiary/aromatic N) is 2. The third-order valence-electron chi connectivity index (χ3n) is 2.64. The Morgan fingerprint density at radius 3 is 2.63 bits per heavy atom. The van der Waals surface area contributed by atoms with E-state index in [-0.39, 0.29) is 18.0 Å². The maximum atomic E-state index is 13.0. The van der Waals surface area contributed by atoms with Gasteiger partial charge in [-0.15, -0.1) is 0 Å². The van der Waals surface area contributed by atoms with Gasteiger partial charge in [0.15, 0.2) is 11.6 Å². The number of aryl methyl sites for hydroxylation is 2. The van der Waals surface area contributed by atoms with Crippen molar-refractivity contribution >= 4 is 11.6 Å². The maximum Gasteiger partial charge on any atom is 0.230 e. The van der Waals surface area contributed by atoms with Crippen LogP contribution in [0, 0.1) is 18.6 Å². The molecule has 1 amide bonds. The van der Waals surface area contributed by atoms with Gasteiger partial charge in [0, 0.05) is 24.5 Å². The summed E-state index contributed by atoms with van der Waals surface area (Å²) < 4.78 is 27.3. The summed E-state index contributed by atoms with van der Waals surface area (Å²) in [5.41, 5.74) is 1.79. The third-order valence-corrected chi connectivity index (χ3v) is 2.64. The largest absolute Gasteiger partial charge is 0.326 e. The van der Waals surface area contributed by atoms with Crippen LogP contribution in [0.1, 0.15) is 11.4 Å². The minimum atomic E-state index is -0.992. The van der Waals surface area contributed by atoms with Crippen LogP contribution in [0.25, 0.3) is 0 Å². The second-order valence-corrected chi connectivity index (χ2v) is 4.25. The molecular weight excluding hydrogens is 252 g/mol. The molecule has 0 unspecified atom stereocenters. The lowest BCUT2D eigenvalue weighted by atomic mass is 10.2. The van der Waals surface area contributed by atoms with Crippen molar-refractivity contribution < 1.29 is 13.6 Å². The molecule has 0 aliphatic carbocycles. The van der Waals surface area contributed by atoms with E-state index in [1.807, 2.05) is 6.92 Å².